The summed E-state index contributed by atoms with van der Waals surface area (Å²) in [5, 5.41) is 0. The number of methoxy groups -OCH3 is 1. The zero-order valence-corrected chi connectivity index (χ0v) is 13.8. The van der Waals surface area contributed by atoms with Gasteiger partial charge in [0, 0.05) is 13.1 Å². The van der Waals surface area contributed by atoms with E-state index in [4.69, 9.17) is 9.47 Å². The number of ether oxygens (including phenoxy) is 2. The summed E-state index contributed by atoms with van der Waals surface area (Å²) in [5.74, 6) is 0.771. The summed E-state index contributed by atoms with van der Waals surface area (Å²) < 4.78 is 10.6. The molecular formula is C19H25NO3. The van der Waals surface area contributed by atoms with Crippen LogP contribution >= 0.6 is 0 Å². The molecule has 1 aromatic carbocycles. The number of cyclic esters (lactones) is 1. The number of hydrogen-bond donors (Lipinski definition) is 0. The lowest BCUT2D eigenvalue weighted by Gasteiger charge is -2.29. The lowest BCUT2D eigenvalue weighted by atomic mass is 10.0. The van der Waals surface area contributed by atoms with Gasteiger partial charge in [-0.05, 0) is 56.2 Å². The van der Waals surface area contributed by atoms with E-state index < -0.39 is 0 Å². The van der Waals surface area contributed by atoms with Gasteiger partial charge in [-0.1, -0.05) is 12.1 Å². The van der Waals surface area contributed by atoms with E-state index in [1.54, 1.807) is 7.11 Å². The molecule has 2 heterocycles. The number of piperidine rings is 1. The Morgan fingerprint density at radius 3 is 2.78 bits per heavy atom. The molecule has 0 bridgehead atoms. The third-order valence-corrected chi connectivity index (χ3v) is 4.70. The SMILES string of the molecule is COc1cccc(CCCC2=C(N3CCCCC3)COC2=O)c1. The molecule has 4 heteroatoms. The van der Waals surface area contributed by atoms with Gasteiger partial charge in [0.15, 0.2) is 0 Å². The van der Waals surface area contributed by atoms with Crippen molar-refractivity contribution in [1.82, 2.24) is 4.90 Å². The van der Waals surface area contributed by atoms with E-state index in [0.29, 0.717) is 6.61 Å². The Labute approximate surface area is 138 Å². The fourth-order valence-electron chi connectivity index (χ4n) is 3.42. The van der Waals surface area contributed by atoms with Crippen molar-refractivity contribution in [3.63, 3.8) is 0 Å². The van der Waals surface area contributed by atoms with Gasteiger partial charge in [-0.2, -0.15) is 0 Å². The number of rotatable bonds is 6. The Morgan fingerprint density at radius 1 is 1.17 bits per heavy atom. The Kier molecular flexibility index (Phi) is 5.21. The number of aryl methyl sites for hydroxylation is 1. The Balaban J connectivity index is 1.61. The summed E-state index contributed by atoms with van der Waals surface area (Å²) in [7, 11) is 1.68. The fourth-order valence-corrected chi connectivity index (χ4v) is 3.42. The molecule has 124 valence electrons. The predicted molar refractivity (Wildman–Crippen MR) is 89.3 cm³/mol. The molecule has 0 spiro atoms. The highest BCUT2D eigenvalue weighted by molar-refractivity contribution is 5.91. The van der Waals surface area contributed by atoms with Gasteiger partial charge in [-0.3, -0.25) is 0 Å². The van der Waals surface area contributed by atoms with Crippen LogP contribution in [0.5, 0.6) is 5.75 Å². The second kappa shape index (κ2) is 7.53. The Morgan fingerprint density at radius 2 is 2.00 bits per heavy atom. The molecule has 2 aliphatic rings. The summed E-state index contributed by atoms with van der Waals surface area (Å²) in [6, 6.07) is 8.13. The number of hydrogen-bond acceptors (Lipinski definition) is 4. The van der Waals surface area contributed by atoms with Gasteiger partial charge >= 0.3 is 5.97 Å². The molecule has 0 unspecified atom stereocenters. The Bertz CT molecular complexity index is 588. The van der Waals surface area contributed by atoms with Gasteiger partial charge in [-0.25, -0.2) is 4.79 Å². The van der Waals surface area contributed by atoms with Crippen molar-refractivity contribution < 1.29 is 14.3 Å². The number of carbonyl (C=O) groups excluding carboxylic acids is 1. The number of nitrogens with zero attached hydrogens (tertiary/aromatic N) is 1. The summed E-state index contributed by atoms with van der Waals surface area (Å²) in [4.78, 5) is 14.4. The maximum Gasteiger partial charge on any atom is 0.336 e. The molecule has 1 saturated heterocycles. The molecule has 0 amide bonds. The first-order valence-corrected chi connectivity index (χ1v) is 8.55. The third kappa shape index (κ3) is 3.87. The zero-order valence-electron chi connectivity index (χ0n) is 13.8. The quantitative estimate of drug-likeness (QED) is 0.755. The molecule has 1 aromatic rings. The zero-order chi connectivity index (χ0) is 16.1. The lowest BCUT2D eigenvalue weighted by molar-refractivity contribution is -0.136. The highest BCUT2D eigenvalue weighted by Gasteiger charge is 2.28. The molecule has 0 atom stereocenters. The van der Waals surface area contributed by atoms with Gasteiger partial charge in [-0.15, -0.1) is 0 Å². The number of carbonyl (C=O) groups is 1. The second-order valence-electron chi connectivity index (χ2n) is 6.25. The molecule has 0 radical (unpaired) electrons. The van der Waals surface area contributed by atoms with Crippen molar-refractivity contribution in [2.75, 3.05) is 26.8 Å². The number of benzene rings is 1. The van der Waals surface area contributed by atoms with Crippen LogP contribution in [-0.2, 0) is 16.0 Å². The maximum absolute atomic E-state index is 12.0. The number of likely N-dealkylation sites (tertiary alicyclic amines) is 1. The largest absolute Gasteiger partial charge is 0.497 e. The molecule has 0 N–H and O–H groups in total. The van der Waals surface area contributed by atoms with Crippen molar-refractivity contribution in [2.45, 2.75) is 38.5 Å². The van der Waals surface area contributed by atoms with Crippen molar-refractivity contribution in [3.05, 3.63) is 41.1 Å². The normalized spacial score (nSPS) is 18.3. The highest BCUT2D eigenvalue weighted by Crippen LogP contribution is 2.27. The first kappa shape index (κ1) is 15.9. The second-order valence-corrected chi connectivity index (χ2v) is 6.25. The molecule has 3 rings (SSSR count). The van der Waals surface area contributed by atoms with Crippen LogP contribution in [0.15, 0.2) is 35.5 Å². The van der Waals surface area contributed by atoms with Gasteiger partial charge in [0.1, 0.15) is 12.4 Å². The van der Waals surface area contributed by atoms with E-state index in [0.717, 1.165) is 49.4 Å². The standard InChI is InChI=1S/C19H25NO3/c1-22-16-9-5-7-15(13-16)8-6-10-17-18(14-23-19(17)21)20-11-3-2-4-12-20/h5,7,9,13H,2-4,6,8,10-12,14H2,1H3. The van der Waals surface area contributed by atoms with Crippen LogP contribution in [0.2, 0.25) is 0 Å². The topological polar surface area (TPSA) is 38.8 Å². The van der Waals surface area contributed by atoms with Crippen molar-refractivity contribution in [1.29, 1.82) is 0 Å². The van der Waals surface area contributed by atoms with Crippen LogP contribution in [0.4, 0.5) is 0 Å². The van der Waals surface area contributed by atoms with E-state index >= 15 is 0 Å². The van der Waals surface area contributed by atoms with Crippen molar-refractivity contribution in [3.8, 4) is 5.75 Å². The Hall–Kier alpha value is -1.97. The lowest BCUT2D eigenvalue weighted by Crippen LogP contribution is -2.30. The van der Waals surface area contributed by atoms with E-state index in [-0.39, 0.29) is 5.97 Å². The van der Waals surface area contributed by atoms with Crippen LogP contribution in [0.25, 0.3) is 0 Å². The van der Waals surface area contributed by atoms with Crippen molar-refractivity contribution in [2.24, 2.45) is 0 Å². The van der Waals surface area contributed by atoms with Gasteiger partial charge < -0.3 is 14.4 Å². The van der Waals surface area contributed by atoms with Crippen LogP contribution in [-0.4, -0.2) is 37.7 Å². The van der Waals surface area contributed by atoms with Gasteiger partial charge in [0.25, 0.3) is 0 Å². The minimum Gasteiger partial charge on any atom is -0.497 e. The highest BCUT2D eigenvalue weighted by atomic mass is 16.5. The number of esters is 1. The summed E-state index contributed by atoms with van der Waals surface area (Å²) in [6.45, 7) is 2.59. The summed E-state index contributed by atoms with van der Waals surface area (Å²) in [5.41, 5.74) is 3.28. The molecule has 2 aliphatic heterocycles. The van der Waals surface area contributed by atoms with Crippen molar-refractivity contribution >= 4 is 5.97 Å². The average Bonchev–Trinajstić information content (AvgIpc) is 2.97. The molecule has 0 aliphatic carbocycles. The van der Waals surface area contributed by atoms with Crippen LogP contribution in [0, 0.1) is 0 Å². The van der Waals surface area contributed by atoms with Gasteiger partial charge in [0.05, 0.1) is 18.4 Å². The average molecular weight is 315 g/mol. The van der Waals surface area contributed by atoms with E-state index in [1.165, 1.54) is 24.8 Å². The minimum atomic E-state index is -0.115. The van der Waals surface area contributed by atoms with Gasteiger partial charge in [0.2, 0.25) is 0 Å². The molecule has 0 saturated carbocycles. The molecule has 4 nitrogen and oxygen atoms in total. The van der Waals surface area contributed by atoms with Crippen LogP contribution in [0.1, 0.15) is 37.7 Å². The molecule has 1 fully saturated rings. The van der Waals surface area contributed by atoms with E-state index in [1.807, 2.05) is 12.1 Å². The van der Waals surface area contributed by atoms with Crippen LogP contribution in [0.3, 0.4) is 0 Å². The minimum absolute atomic E-state index is 0.115. The summed E-state index contributed by atoms with van der Waals surface area (Å²) >= 11 is 0. The summed E-state index contributed by atoms with van der Waals surface area (Å²) in [6.07, 6.45) is 6.42. The molecular weight excluding hydrogens is 290 g/mol. The first-order valence-electron chi connectivity index (χ1n) is 8.55. The predicted octanol–water partition coefficient (Wildman–Crippen LogP) is 3.31. The molecule has 23 heavy (non-hydrogen) atoms. The maximum atomic E-state index is 12.0. The fraction of sp³-hybridized carbons (Fsp3) is 0.526. The van der Waals surface area contributed by atoms with E-state index in [9.17, 15) is 4.79 Å². The molecule has 0 aromatic heterocycles. The first-order chi connectivity index (χ1) is 11.3. The monoisotopic (exact) mass is 315 g/mol. The third-order valence-electron chi connectivity index (χ3n) is 4.70. The smallest absolute Gasteiger partial charge is 0.336 e. The van der Waals surface area contributed by atoms with Crippen LogP contribution < -0.4 is 4.74 Å². The van der Waals surface area contributed by atoms with E-state index in [2.05, 4.69) is 17.0 Å².